The Morgan fingerprint density at radius 2 is 1.94 bits per heavy atom. The molecule has 0 spiro atoms. The van der Waals surface area contributed by atoms with Gasteiger partial charge >= 0.3 is 0 Å². The first-order valence-electron chi connectivity index (χ1n) is 7.46. The molecule has 0 aromatic heterocycles. The molecule has 1 aliphatic rings. The molecule has 4 atom stereocenters. The van der Waals surface area contributed by atoms with Crippen molar-refractivity contribution in [2.24, 2.45) is 17.6 Å². The van der Waals surface area contributed by atoms with Gasteiger partial charge in [0.05, 0.1) is 6.10 Å². The van der Waals surface area contributed by atoms with Crippen molar-refractivity contribution in [3.05, 3.63) is 0 Å². The van der Waals surface area contributed by atoms with Crippen LogP contribution in [0.3, 0.4) is 0 Å². The molecule has 2 heteroatoms. The molecule has 17 heavy (non-hydrogen) atoms. The van der Waals surface area contributed by atoms with Crippen molar-refractivity contribution in [3.8, 4) is 0 Å². The first-order valence-corrected chi connectivity index (χ1v) is 7.46. The van der Waals surface area contributed by atoms with E-state index in [-0.39, 0.29) is 6.10 Å². The van der Waals surface area contributed by atoms with Gasteiger partial charge in [-0.25, -0.2) is 0 Å². The molecule has 2 unspecified atom stereocenters. The lowest BCUT2D eigenvalue weighted by atomic mass is 9.75. The number of hydrogen-bond acceptors (Lipinski definition) is 2. The monoisotopic (exact) mass is 241 g/mol. The van der Waals surface area contributed by atoms with Gasteiger partial charge < -0.3 is 10.8 Å². The Hall–Kier alpha value is -0.0800. The summed E-state index contributed by atoms with van der Waals surface area (Å²) in [6.07, 6.45) is 9.19. The third-order valence-corrected chi connectivity index (χ3v) is 4.58. The van der Waals surface area contributed by atoms with Gasteiger partial charge in [0.25, 0.3) is 0 Å². The first kappa shape index (κ1) is 15.0. The molecular weight excluding hydrogens is 210 g/mol. The quantitative estimate of drug-likeness (QED) is 0.724. The summed E-state index contributed by atoms with van der Waals surface area (Å²) >= 11 is 0. The van der Waals surface area contributed by atoms with Crippen molar-refractivity contribution in [2.75, 3.05) is 0 Å². The van der Waals surface area contributed by atoms with E-state index in [0.717, 1.165) is 25.7 Å². The molecule has 102 valence electrons. The minimum atomic E-state index is -0.403. The van der Waals surface area contributed by atoms with Crippen molar-refractivity contribution in [2.45, 2.75) is 83.8 Å². The Bertz CT molecular complexity index is 215. The molecule has 1 fully saturated rings. The predicted molar refractivity (Wildman–Crippen MR) is 73.9 cm³/mol. The van der Waals surface area contributed by atoms with Crippen molar-refractivity contribution >= 4 is 0 Å². The van der Waals surface area contributed by atoms with Crippen LogP contribution in [0.15, 0.2) is 0 Å². The van der Waals surface area contributed by atoms with Crippen LogP contribution in [-0.2, 0) is 0 Å². The fourth-order valence-corrected chi connectivity index (χ4v) is 3.19. The van der Waals surface area contributed by atoms with Gasteiger partial charge in [-0.1, -0.05) is 52.4 Å². The van der Waals surface area contributed by atoms with Crippen LogP contribution in [0.4, 0.5) is 0 Å². The fraction of sp³-hybridized carbons (Fsp3) is 1.00. The third kappa shape index (κ3) is 4.26. The van der Waals surface area contributed by atoms with E-state index in [1.54, 1.807) is 0 Å². The number of hydrogen-bond donors (Lipinski definition) is 2. The van der Waals surface area contributed by atoms with Crippen molar-refractivity contribution < 1.29 is 5.11 Å². The van der Waals surface area contributed by atoms with Gasteiger partial charge in [-0.2, -0.15) is 0 Å². The van der Waals surface area contributed by atoms with Crippen LogP contribution < -0.4 is 5.73 Å². The van der Waals surface area contributed by atoms with Crippen molar-refractivity contribution in [1.29, 1.82) is 0 Å². The highest BCUT2D eigenvalue weighted by molar-refractivity contribution is 4.93. The van der Waals surface area contributed by atoms with Crippen LogP contribution in [0.2, 0.25) is 0 Å². The molecular formula is C15H31NO. The van der Waals surface area contributed by atoms with Gasteiger partial charge in [-0.3, -0.25) is 0 Å². The van der Waals surface area contributed by atoms with Crippen LogP contribution >= 0.6 is 0 Å². The van der Waals surface area contributed by atoms with Crippen LogP contribution in [0.1, 0.15) is 72.1 Å². The van der Waals surface area contributed by atoms with Gasteiger partial charge in [-0.15, -0.1) is 0 Å². The molecule has 1 saturated carbocycles. The summed E-state index contributed by atoms with van der Waals surface area (Å²) in [7, 11) is 0. The van der Waals surface area contributed by atoms with Gasteiger partial charge in [0.1, 0.15) is 0 Å². The minimum absolute atomic E-state index is 0.331. The lowest BCUT2D eigenvalue weighted by molar-refractivity contribution is 0.00932. The lowest BCUT2D eigenvalue weighted by Crippen LogP contribution is -2.52. The molecule has 0 aliphatic heterocycles. The Balaban J connectivity index is 2.61. The SMILES string of the molecule is CCCC[C@](C)(N)[C@@H](O)C1CCCCCC1C. The fourth-order valence-electron chi connectivity index (χ4n) is 3.19. The zero-order chi connectivity index (χ0) is 12.9. The van der Waals surface area contributed by atoms with E-state index in [9.17, 15) is 5.11 Å². The molecule has 0 heterocycles. The van der Waals surface area contributed by atoms with Crippen molar-refractivity contribution in [1.82, 2.24) is 0 Å². The first-order chi connectivity index (χ1) is 7.99. The van der Waals surface area contributed by atoms with Crippen LogP contribution in [0, 0.1) is 11.8 Å². The Kier molecular flexibility index (Phi) is 5.94. The summed E-state index contributed by atoms with van der Waals surface area (Å²) in [4.78, 5) is 0. The van der Waals surface area contributed by atoms with Crippen LogP contribution in [-0.4, -0.2) is 16.7 Å². The zero-order valence-corrected chi connectivity index (χ0v) is 11.9. The summed E-state index contributed by atoms with van der Waals surface area (Å²) in [6, 6.07) is 0. The molecule has 1 rings (SSSR count). The second-order valence-corrected chi connectivity index (χ2v) is 6.33. The highest BCUT2D eigenvalue weighted by Crippen LogP contribution is 2.35. The van der Waals surface area contributed by atoms with E-state index in [1.807, 2.05) is 6.92 Å². The number of rotatable bonds is 5. The summed E-state index contributed by atoms with van der Waals surface area (Å²) in [5, 5.41) is 10.6. The summed E-state index contributed by atoms with van der Waals surface area (Å²) in [6.45, 7) is 6.50. The van der Waals surface area contributed by atoms with Gasteiger partial charge in [0, 0.05) is 5.54 Å². The van der Waals surface area contributed by atoms with Crippen molar-refractivity contribution in [3.63, 3.8) is 0 Å². The van der Waals surface area contributed by atoms with E-state index in [0.29, 0.717) is 11.8 Å². The highest BCUT2D eigenvalue weighted by atomic mass is 16.3. The average molecular weight is 241 g/mol. The topological polar surface area (TPSA) is 46.2 Å². The molecule has 2 nitrogen and oxygen atoms in total. The van der Waals surface area contributed by atoms with E-state index >= 15 is 0 Å². The molecule has 0 bridgehead atoms. The lowest BCUT2D eigenvalue weighted by Gasteiger charge is -2.38. The number of unbranched alkanes of at least 4 members (excludes halogenated alkanes) is 1. The standard InChI is InChI=1S/C15H31NO/c1-4-5-11-15(3,16)14(17)13-10-8-6-7-9-12(13)2/h12-14,17H,4-11,16H2,1-3H3/t12?,13?,14-,15-/m0/s1. The summed E-state index contributed by atoms with van der Waals surface area (Å²) in [5.74, 6) is 1.03. The molecule has 0 aromatic rings. The van der Waals surface area contributed by atoms with E-state index in [1.165, 1.54) is 25.7 Å². The molecule has 0 radical (unpaired) electrons. The van der Waals surface area contributed by atoms with Gasteiger partial charge in [-0.05, 0) is 31.6 Å². The van der Waals surface area contributed by atoms with Gasteiger partial charge in [0.2, 0.25) is 0 Å². The Morgan fingerprint density at radius 3 is 2.59 bits per heavy atom. The van der Waals surface area contributed by atoms with E-state index in [4.69, 9.17) is 5.73 Å². The molecule has 0 saturated heterocycles. The average Bonchev–Trinajstić information content (AvgIpc) is 2.50. The number of aliphatic hydroxyl groups is 1. The highest BCUT2D eigenvalue weighted by Gasteiger charge is 2.37. The normalized spacial score (nSPS) is 31.6. The maximum atomic E-state index is 10.6. The molecule has 0 amide bonds. The Labute approximate surface area is 107 Å². The molecule has 3 N–H and O–H groups in total. The second kappa shape index (κ2) is 6.75. The van der Waals surface area contributed by atoms with Crippen LogP contribution in [0.25, 0.3) is 0 Å². The second-order valence-electron chi connectivity index (χ2n) is 6.33. The smallest absolute Gasteiger partial charge is 0.0747 e. The predicted octanol–water partition coefficient (Wildman–Crippen LogP) is 3.47. The maximum Gasteiger partial charge on any atom is 0.0747 e. The zero-order valence-electron chi connectivity index (χ0n) is 11.9. The summed E-state index contributed by atoms with van der Waals surface area (Å²) in [5.41, 5.74) is 5.94. The Morgan fingerprint density at radius 1 is 1.29 bits per heavy atom. The number of nitrogens with two attached hydrogens (primary N) is 1. The molecule has 0 aromatic carbocycles. The minimum Gasteiger partial charge on any atom is -0.391 e. The van der Waals surface area contributed by atoms with E-state index < -0.39 is 5.54 Å². The third-order valence-electron chi connectivity index (χ3n) is 4.58. The summed E-state index contributed by atoms with van der Waals surface area (Å²) < 4.78 is 0. The maximum absolute atomic E-state index is 10.6. The van der Waals surface area contributed by atoms with Crippen LogP contribution in [0.5, 0.6) is 0 Å². The van der Waals surface area contributed by atoms with E-state index in [2.05, 4.69) is 13.8 Å². The largest absolute Gasteiger partial charge is 0.391 e. The van der Waals surface area contributed by atoms with Gasteiger partial charge in [0.15, 0.2) is 0 Å². The number of aliphatic hydroxyl groups excluding tert-OH is 1. The molecule has 1 aliphatic carbocycles.